The predicted octanol–water partition coefficient (Wildman–Crippen LogP) is 3.54. The number of carbonyl (C=O) groups is 2. The molecule has 0 aromatic carbocycles. The monoisotopic (exact) mass is 373 g/mol. The molecule has 1 N–H and O–H groups in total. The van der Waals surface area contributed by atoms with Gasteiger partial charge in [-0.05, 0) is 51.7 Å². The lowest BCUT2D eigenvalue weighted by molar-refractivity contribution is -0.133. The van der Waals surface area contributed by atoms with Gasteiger partial charge in [-0.2, -0.15) is 0 Å². The van der Waals surface area contributed by atoms with E-state index in [1.807, 2.05) is 0 Å². The number of hydrogen-bond acceptors (Lipinski definition) is 5. The van der Waals surface area contributed by atoms with E-state index in [0.717, 1.165) is 4.90 Å². The Hall–Kier alpha value is -0.923. The van der Waals surface area contributed by atoms with Gasteiger partial charge in [-0.25, -0.2) is 9.69 Å². The first-order valence-electron chi connectivity index (χ1n) is 9.02. The third-order valence-corrected chi connectivity index (χ3v) is 9.55. The van der Waals surface area contributed by atoms with Crippen molar-refractivity contribution in [1.82, 2.24) is 4.90 Å². The molecule has 0 spiro atoms. The number of hydrogen-bond donors (Lipinski definition) is 1. The van der Waals surface area contributed by atoms with Crippen LogP contribution in [0.4, 0.5) is 4.79 Å². The van der Waals surface area contributed by atoms with Crippen LogP contribution in [-0.2, 0) is 14.0 Å². The minimum atomic E-state index is -1.87. The van der Waals surface area contributed by atoms with Gasteiger partial charge in [-0.1, -0.05) is 20.8 Å². The Morgan fingerprint density at radius 3 is 2.32 bits per heavy atom. The first-order valence-corrected chi connectivity index (χ1v) is 11.9. The van der Waals surface area contributed by atoms with E-state index in [0.29, 0.717) is 26.0 Å². The second-order valence-electron chi connectivity index (χ2n) is 9.33. The van der Waals surface area contributed by atoms with Crippen molar-refractivity contribution in [3.63, 3.8) is 0 Å². The van der Waals surface area contributed by atoms with Gasteiger partial charge in [0.05, 0.1) is 12.0 Å². The quantitative estimate of drug-likeness (QED) is 0.746. The van der Waals surface area contributed by atoms with E-state index in [-0.39, 0.29) is 10.9 Å². The molecule has 1 saturated heterocycles. The maximum atomic E-state index is 12.4. The van der Waals surface area contributed by atoms with Crippen LogP contribution in [-0.4, -0.2) is 55.2 Å². The maximum Gasteiger partial charge on any atom is 0.417 e. The largest absolute Gasteiger partial charge is 0.443 e. The zero-order chi connectivity index (χ0) is 19.6. The highest BCUT2D eigenvalue weighted by Gasteiger charge is 2.42. The van der Waals surface area contributed by atoms with Crippen LogP contribution in [0.25, 0.3) is 0 Å². The Bertz CT molecular complexity index is 493. The molecule has 0 aliphatic carbocycles. The molecule has 25 heavy (non-hydrogen) atoms. The Balaban J connectivity index is 2.54. The highest BCUT2D eigenvalue weighted by Crippen LogP contribution is 2.36. The molecule has 0 aromatic rings. The van der Waals surface area contributed by atoms with E-state index in [2.05, 4.69) is 33.9 Å². The van der Waals surface area contributed by atoms with Crippen LogP contribution < -0.4 is 0 Å². The van der Waals surface area contributed by atoms with Crippen LogP contribution >= 0.6 is 0 Å². The first kappa shape index (κ1) is 22.1. The van der Waals surface area contributed by atoms with Gasteiger partial charge in [0.15, 0.2) is 8.32 Å². The van der Waals surface area contributed by atoms with Crippen LogP contribution in [0.1, 0.15) is 54.4 Å². The summed E-state index contributed by atoms with van der Waals surface area (Å²) in [6.45, 7) is 16.8. The average molecular weight is 374 g/mol. The van der Waals surface area contributed by atoms with Crippen LogP contribution in [0, 0.1) is 5.92 Å². The third kappa shape index (κ3) is 6.08. The van der Waals surface area contributed by atoms with Crippen molar-refractivity contribution in [2.24, 2.45) is 5.92 Å². The van der Waals surface area contributed by atoms with E-state index in [9.17, 15) is 14.7 Å². The predicted molar refractivity (Wildman–Crippen MR) is 99.8 cm³/mol. The number of amides is 2. The molecular formula is C18H35NO5Si. The molecule has 1 rings (SSSR count). The summed E-state index contributed by atoms with van der Waals surface area (Å²) < 4.78 is 11.3. The second kappa shape index (κ2) is 7.76. The van der Waals surface area contributed by atoms with Crippen molar-refractivity contribution in [1.29, 1.82) is 0 Å². The fourth-order valence-corrected chi connectivity index (χ4v) is 3.47. The highest BCUT2D eigenvalue weighted by molar-refractivity contribution is 6.74. The number of aliphatic hydroxyl groups is 1. The maximum absolute atomic E-state index is 12.4. The molecule has 1 aliphatic rings. The van der Waals surface area contributed by atoms with Crippen molar-refractivity contribution in [2.75, 3.05) is 13.2 Å². The van der Waals surface area contributed by atoms with Crippen molar-refractivity contribution >= 4 is 20.3 Å². The minimum Gasteiger partial charge on any atom is -0.443 e. The molecule has 0 saturated carbocycles. The molecule has 0 radical (unpaired) electrons. The molecule has 1 fully saturated rings. The minimum absolute atomic E-state index is 0.106. The smallest absolute Gasteiger partial charge is 0.417 e. The number of likely N-dealkylation sites (tertiary alicyclic amines) is 1. The molecule has 6 nitrogen and oxygen atoms in total. The molecule has 2 atom stereocenters. The van der Waals surface area contributed by atoms with E-state index in [1.54, 1.807) is 20.8 Å². The number of rotatable bonds is 5. The summed E-state index contributed by atoms with van der Waals surface area (Å²) >= 11 is 0. The zero-order valence-corrected chi connectivity index (χ0v) is 18.0. The number of aliphatic hydroxyl groups excluding tert-OH is 1. The Morgan fingerprint density at radius 1 is 1.28 bits per heavy atom. The number of ether oxygens (including phenoxy) is 1. The summed E-state index contributed by atoms with van der Waals surface area (Å²) in [7, 11) is -1.87. The molecule has 1 heterocycles. The Morgan fingerprint density at radius 2 is 1.84 bits per heavy atom. The standard InChI is InChI=1S/C18H35NO5Si/c1-17(2,3)24-16(22)19-11-9-13(15(19)21)14(20)10-12-23-25(7,8)18(4,5)6/h13-14,20H,9-12H2,1-8H3. The van der Waals surface area contributed by atoms with Gasteiger partial charge in [0.25, 0.3) is 0 Å². The third-order valence-electron chi connectivity index (χ3n) is 5.01. The molecule has 2 amide bonds. The molecule has 1 aliphatic heterocycles. The van der Waals surface area contributed by atoms with Crippen molar-refractivity contribution < 1.29 is 23.9 Å². The molecule has 0 aromatic heterocycles. The first-order chi connectivity index (χ1) is 11.2. The second-order valence-corrected chi connectivity index (χ2v) is 14.1. The van der Waals surface area contributed by atoms with E-state index in [4.69, 9.17) is 9.16 Å². The molecule has 7 heteroatoms. The number of nitrogens with zero attached hydrogens (tertiary/aromatic N) is 1. The fraction of sp³-hybridized carbons (Fsp3) is 0.889. The topological polar surface area (TPSA) is 76.1 Å². The van der Waals surface area contributed by atoms with Gasteiger partial charge in [0.2, 0.25) is 5.91 Å². The van der Waals surface area contributed by atoms with Gasteiger partial charge in [0.1, 0.15) is 5.60 Å². The molecular weight excluding hydrogens is 338 g/mol. The summed E-state index contributed by atoms with van der Waals surface area (Å²) in [5, 5.41) is 10.5. The van der Waals surface area contributed by atoms with Gasteiger partial charge < -0.3 is 14.3 Å². The lowest BCUT2D eigenvalue weighted by Gasteiger charge is -2.36. The highest BCUT2D eigenvalue weighted by atomic mass is 28.4. The van der Waals surface area contributed by atoms with E-state index >= 15 is 0 Å². The SMILES string of the molecule is CC(C)(C)OC(=O)N1CCC(C(O)CCO[Si](C)(C)C(C)(C)C)C1=O. The summed E-state index contributed by atoms with van der Waals surface area (Å²) in [4.78, 5) is 25.6. The van der Waals surface area contributed by atoms with Gasteiger partial charge >= 0.3 is 6.09 Å². The number of imide groups is 1. The van der Waals surface area contributed by atoms with E-state index < -0.39 is 32.0 Å². The number of carbonyl (C=O) groups excluding carboxylic acids is 2. The van der Waals surface area contributed by atoms with Crippen LogP contribution in [0.3, 0.4) is 0 Å². The van der Waals surface area contributed by atoms with E-state index in [1.165, 1.54) is 0 Å². The molecule has 2 unspecified atom stereocenters. The van der Waals surface area contributed by atoms with Crippen LogP contribution in [0.5, 0.6) is 0 Å². The summed E-state index contributed by atoms with van der Waals surface area (Å²) in [6.07, 6.45) is -0.584. The summed E-state index contributed by atoms with van der Waals surface area (Å²) in [5.41, 5.74) is -0.648. The van der Waals surface area contributed by atoms with Crippen molar-refractivity contribution in [3.8, 4) is 0 Å². The van der Waals surface area contributed by atoms with Gasteiger partial charge in [0, 0.05) is 13.2 Å². The Labute approximate surface area is 153 Å². The lowest BCUT2D eigenvalue weighted by Crippen LogP contribution is -2.42. The zero-order valence-electron chi connectivity index (χ0n) is 17.0. The Kier molecular flexibility index (Phi) is 6.86. The normalized spacial score (nSPS) is 20.8. The fourth-order valence-electron chi connectivity index (χ4n) is 2.41. The average Bonchev–Trinajstić information content (AvgIpc) is 2.77. The van der Waals surface area contributed by atoms with Gasteiger partial charge in [-0.3, -0.25) is 4.79 Å². The van der Waals surface area contributed by atoms with Crippen molar-refractivity contribution in [2.45, 2.75) is 84.2 Å². The van der Waals surface area contributed by atoms with Crippen molar-refractivity contribution in [3.05, 3.63) is 0 Å². The lowest BCUT2D eigenvalue weighted by atomic mass is 9.99. The molecule has 146 valence electrons. The van der Waals surface area contributed by atoms with Crippen LogP contribution in [0.2, 0.25) is 18.1 Å². The van der Waals surface area contributed by atoms with Crippen LogP contribution in [0.15, 0.2) is 0 Å². The molecule has 0 bridgehead atoms. The van der Waals surface area contributed by atoms with Gasteiger partial charge in [-0.15, -0.1) is 0 Å². The summed E-state index contributed by atoms with van der Waals surface area (Å²) in [5.74, 6) is -0.912. The summed E-state index contributed by atoms with van der Waals surface area (Å²) in [6, 6.07) is 0.